The fraction of sp³-hybridized carbons (Fsp3) is 0.0833. The molecule has 94 valence electrons. The van der Waals surface area contributed by atoms with Crippen molar-refractivity contribution in [2.45, 2.75) is 11.8 Å². The predicted octanol–water partition coefficient (Wildman–Crippen LogP) is 2.84. The molecule has 4 nitrogen and oxygen atoms in total. The molecule has 0 saturated carbocycles. The van der Waals surface area contributed by atoms with E-state index < -0.39 is 10.0 Å². The second-order valence-corrected chi connectivity index (χ2v) is 5.90. The van der Waals surface area contributed by atoms with Gasteiger partial charge < -0.3 is 0 Å². The van der Waals surface area contributed by atoms with Crippen LogP contribution < -0.4 is 4.72 Å². The Hall–Kier alpha value is -1.59. The van der Waals surface area contributed by atoms with Gasteiger partial charge in [0.05, 0.1) is 4.90 Å². The molecule has 1 heterocycles. The molecule has 18 heavy (non-hydrogen) atoms. The molecule has 0 spiro atoms. The van der Waals surface area contributed by atoms with Gasteiger partial charge in [-0.2, -0.15) is 0 Å². The highest BCUT2D eigenvalue weighted by Gasteiger charge is 2.14. The largest absolute Gasteiger partial charge is 0.263 e. The Bertz CT molecular complexity index is 671. The zero-order chi connectivity index (χ0) is 13.2. The number of nitrogens with one attached hydrogen (secondary N) is 1. The van der Waals surface area contributed by atoms with Gasteiger partial charge in [-0.25, -0.2) is 13.4 Å². The Labute approximate surface area is 111 Å². The standard InChI is InChI=1S/C12H11ClN2O2S/c1-9-3-2-4-11(7-9)18(16,17)15-12-8-10(13)5-6-14-12/h2-8H,1H3,(H,14,15). The molecule has 6 heteroatoms. The fourth-order valence-electron chi connectivity index (χ4n) is 1.44. The lowest BCUT2D eigenvalue weighted by Gasteiger charge is -2.07. The summed E-state index contributed by atoms with van der Waals surface area (Å²) in [5.41, 5.74) is 0.872. The summed E-state index contributed by atoms with van der Waals surface area (Å²) in [6.07, 6.45) is 1.44. The maximum atomic E-state index is 12.1. The van der Waals surface area contributed by atoms with Crippen molar-refractivity contribution in [3.63, 3.8) is 0 Å². The van der Waals surface area contributed by atoms with Gasteiger partial charge in [0, 0.05) is 17.3 Å². The van der Waals surface area contributed by atoms with Crippen LogP contribution in [-0.2, 0) is 10.0 Å². The number of rotatable bonds is 3. The Balaban J connectivity index is 2.33. The van der Waals surface area contributed by atoms with Crippen molar-refractivity contribution in [1.82, 2.24) is 4.98 Å². The molecule has 2 aromatic rings. The first-order chi connectivity index (χ1) is 8.47. The van der Waals surface area contributed by atoms with E-state index in [1.807, 2.05) is 13.0 Å². The lowest BCUT2D eigenvalue weighted by atomic mass is 10.2. The van der Waals surface area contributed by atoms with Crippen LogP contribution in [0.15, 0.2) is 47.5 Å². The average molecular weight is 283 g/mol. The smallest absolute Gasteiger partial charge is 0.263 e. The Morgan fingerprint density at radius 3 is 2.67 bits per heavy atom. The first-order valence-corrected chi connectivity index (χ1v) is 7.04. The maximum absolute atomic E-state index is 12.1. The van der Waals surface area contributed by atoms with Crippen LogP contribution in [0.25, 0.3) is 0 Å². The van der Waals surface area contributed by atoms with Crippen molar-refractivity contribution < 1.29 is 8.42 Å². The second kappa shape index (κ2) is 4.96. The molecular formula is C12H11ClN2O2S. The van der Waals surface area contributed by atoms with Crippen LogP contribution in [0.4, 0.5) is 5.82 Å². The molecule has 1 aromatic heterocycles. The van der Waals surface area contributed by atoms with Crippen molar-refractivity contribution in [2.75, 3.05) is 4.72 Å². The van der Waals surface area contributed by atoms with E-state index in [-0.39, 0.29) is 10.7 Å². The summed E-state index contributed by atoms with van der Waals surface area (Å²) < 4.78 is 26.5. The molecule has 2 rings (SSSR count). The van der Waals surface area contributed by atoms with E-state index in [1.54, 1.807) is 18.2 Å². The molecule has 1 N–H and O–H groups in total. The summed E-state index contributed by atoms with van der Waals surface area (Å²) in [6, 6.07) is 9.67. The van der Waals surface area contributed by atoms with Crippen LogP contribution in [-0.4, -0.2) is 13.4 Å². The van der Waals surface area contributed by atoms with Gasteiger partial charge in [-0.15, -0.1) is 0 Å². The Morgan fingerprint density at radius 2 is 2.00 bits per heavy atom. The highest BCUT2D eigenvalue weighted by Crippen LogP contribution is 2.17. The molecule has 0 amide bonds. The van der Waals surface area contributed by atoms with E-state index in [0.29, 0.717) is 5.02 Å². The van der Waals surface area contributed by atoms with Crippen molar-refractivity contribution in [2.24, 2.45) is 0 Å². The number of hydrogen-bond donors (Lipinski definition) is 1. The van der Waals surface area contributed by atoms with Crippen LogP contribution in [0.5, 0.6) is 0 Å². The van der Waals surface area contributed by atoms with Crippen molar-refractivity contribution in [3.05, 3.63) is 53.2 Å². The SMILES string of the molecule is Cc1cccc(S(=O)(=O)Nc2cc(Cl)ccn2)c1. The lowest BCUT2D eigenvalue weighted by molar-refractivity contribution is 0.601. The Kier molecular flexibility index (Phi) is 3.54. The van der Waals surface area contributed by atoms with E-state index in [1.165, 1.54) is 18.3 Å². The first-order valence-electron chi connectivity index (χ1n) is 5.18. The second-order valence-electron chi connectivity index (χ2n) is 3.78. The van der Waals surface area contributed by atoms with Gasteiger partial charge in [0.25, 0.3) is 10.0 Å². The molecule has 0 saturated heterocycles. The summed E-state index contributed by atoms with van der Waals surface area (Å²) in [6.45, 7) is 1.83. The van der Waals surface area contributed by atoms with E-state index in [2.05, 4.69) is 9.71 Å². The molecule has 0 aliphatic rings. The number of aromatic nitrogens is 1. The Morgan fingerprint density at radius 1 is 1.22 bits per heavy atom. The van der Waals surface area contributed by atoms with Crippen molar-refractivity contribution in [1.29, 1.82) is 0 Å². The van der Waals surface area contributed by atoms with Crippen LogP contribution in [0.1, 0.15) is 5.56 Å². The summed E-state index contributed by atoms with van der Waals surface area (Å²) in [7, 11) is -3.62. The van der Waals surface area contributed by atoms with Crippen molar-refractivity contribution >= 4 is 27.4 Å². The third-order valence-electron chi connectivity index (χ3n) is 2.26. The summed E-state index contributed by atoms with van der Waals surface area (Å²) in [5, 5.41) is 0.423. The van der Waals surface area contributed by atoms with Gasteiger partial charge in [0.1, 0.15) is 5.82 Å². The predicted molar refractivity (Wildman–Crippen MR) is 71.2 cm³/mol. The van der Waals surface area contributed by atoms with E-state index in [4.69, 9.17) is 11.6 Å². The van der Waals surface area contributed by atoms with Gasteiger partial charge in [0.15, 0.2) is 0 Å². The molecular weight excluding hydrogens is 272 g/mol. The van der Waals surface area contributed by atoms with Crippen LogP contribution >= 0.6 is 11.6 Å². The number of pyridine rings is 1. The van der Waals surface area contributed by atoms with Gasteiger partial charge in [-0.05, 0) is 30.7 Å². The lowest BCUT2D eigenvalue weighted by Crippen LogP contribution is -2.13. The highest BCUT2D eigenvalue weighted by molar-refractivity contribution is 7.92. The zero-order valence-corrected chi connectivity index (χ0v) is 11.2. The minimum Gasteiger partial charge on any atom is -0.263 e. The molecule has 0 radical (unpaired) electrons. The van der Waals surface area contributed by atoms with Gasteiger partial charge in [-0.1, -0.05) is 23.7 Å². The minimum atomic E-state index is -3.62. The topological polar surface area (TPSA) is 59.1 Å². The maximum Gasteiger partial charge on any atom is 0.263 e. The number of sulfonamides is 1. The summed E-state index contributed by atoms with van der Waals surface area (Å²) in [4.78, 5) is 4.10. The molecule has 0 aliphatic carbocycles. The van der Waals surface area contributed by atoms with Crippen LogP contribution in [0.2, 0.25) is 5.02 Å². The quantitative estimate of drug-likeness (QED) is 0.942. The molecule has 0 atom stereocenters. The molecule has 0 unspecified atom stereocenters. The summed E-state index contributed by atoms with van der Waals surface area (Å²) >= 11 is 5.77. The van der Waals surface area contributed by atoms with E-state index in [0.717, 1.165) is 5.56 Å². The highest BCUT2D eigenvalue weighted by atomic mass is 35.5. The third kappa shape index (κ3) is 3.00. The number of aryl methyl sites for hydroxylation is 1. The molecule has 0 bridgehead atoms. The number of anilines is 1. The van der Waals surface area contributed by atoms with E-state index >= 15 is 0 Å². The first kappa shape index (κ1) is 12.9. The molecule has 1 aromatic carbocycles. The summed E-state index contributed by atoms with van der Waals surface area (Å²) in [5.74, 6) is 0.198. The minimum absolute atomic E-state index is 0.198. The van der Waals surface area contributed by atoms with Gasteiger partial charge in [-0.3, -0.25) is 4.72 Å². The normalized spacial score (nSPS) is 11.2. The van der Waals surface area contributed by atoms with Gasteiger partial charge in [0.2, 0.25) is 0 Å². The number of hydrogen-bond acceptors (Lipinski definition) is 3. The number of nitrogens with zero attached hydrogens (tertiary/aromatic N) is 1. The van der Waals surface area contributed by atoms with Crippen LogP contribution in [0, 0.1) is 6.92 Å². The number of benzene rings is 1. The van der Waals surface area contributed by atoms with Gasteiger partial charge >= 0.3 is 0 Å². The molecule has 0 fully saturated rings. The molecule has 0 aliphatic heterocycles. The number of halogens is 1. The third-order valence-corrected chi connectivity index (χ3v) is 3.85. The monoisotopic (exact) mass is 282 g/mol. The van der Waals surface area contributed by atoms with Crippen LogP contribution in [0.3, 0.4) is 0 Å². The fourth-order valence-corrected chi connectivity index (χ4v) is 2.70. The van der Waals surface area contributed by atoms with E-state index in [9.17, 15) is 8.42 Å². The average Bonchev–Trinajstić information content (AvgIpc) is 2.28. The van der Waals surface area contributed by atoms with Crippen molar-refractivity contribution in [3.8, 4) is 0 Å². The zero-order valence-electron chi connectivity index (χ0n) is 9.59.